The molecule has 5 heterocycles. The first-order valence-corrected chi connectivity index (χ1v) is 13.5. The van der Waals surface area contributed by atoms with Gasteiger partial charge in [-0.05, 0) is 43.0 Å². The zero-order valence-electron chi connectivity index (χ0n) is 22.8. The maximum absolute atomic E-state index is 14.3. The van der Waals surface area contributed by atoms with Gasteiger partial charge in [0.1, 0.15) is 12.6 Å². The monoisotopic (exact) mass is 564 g/mol. The normalized spacial score (nSPS) is 21.0. The zero-order chi connectivity index (χ0) is 29.1. The van der Waals surface area contributed by atoms with Crippen molar-refractivity contribution in [2.45, 2.75) is 43.6 Å². The van der Waals surface area contributed by atoms with Crippen LogP contribution in [0.1, 0.15) is 36.0 Å². The molecule has 6 rings (SSSR count). The van der Waals surface area contributed by atoms with Gasteiger partial charge in [0.2, 0.25) is 11.8 Å². The Labute approximate surface area is 234 Å². The van der Waals surface area contributed by atoms with E-state index in [1.165, 1.54) is 4.90 Å². The van der Waals surface area contributed by atoms with Gasteiger partial charge in [-0.25, -0.2) is 18.6 Å². The Bertz CT molecular complexity index is 1580. The highest BCUT2D eigenvalue weighted by Gasteiger charge is 2.55. The summed E-state index contributed by atoms with van der Waals surface area (Å²) in [5.74, 6) is -5.07. The van der Waals surface area contributed by atoms with Gasteiger partial charge in [-0.15, -0.1) is 0 Å². The van der Waals surface area contributed by atoms with Crippen molar-refractivity contribution in [2.75, 3.05) is 38.2 Å². The number of carbonyl (C=O) groups excluding carboxylic acids is 3. The van der Waals surface area contributed by atoms with Gasteiger partial charge in [-0.3, -0.25) is 14.7 Å². The van der Waals surface area contributed by atoms with Crippen LogP contribution in [0.5, 0.6) is 0 Å². The molecule has 2 saturated heterocycles. The quantitative estimate of drug-likeness (QED) is 0.474. The lowest BCUT2D eigenvalue weighted by Crippen LogP contribution is -2.51. The molecule has 12 heteroatoms. The third-order valence-electron chi connectivity index (χ3n) is 8.65. The second-order valence-corrected chi connectivity index (χ2v) is 11.0. The molecule has 1 N–H and O–H groups in total. The number of hydrogen-bond acceptors (Lipinski definition) is 7. The van der Waals surface area contributed by atoms with Gasteiger partial charge >= 0.3 is 5.97 Å². The van der Waals surface area contributed by atoms with Gasteiger partial charge in [0.25, 0.3) is 5.92 Å². The molecule has 10 nitrogen and oxygen atoms in total. The molecule has 2 fully saturated rings. The van der Waals surface area contributed by atoms with E-state index in [4.69, 9.17) is 0 Å². The van der Waals surface area contributed by atoms with E-state index >= 15 is 0 Å². The maximum atomic E-state index is 14.3. The third-order valence-corrected chi connectivity index (χ3v) is 8.65. The lowest BCUT2D eigenvalue weighted by atomic mass is 9.72. The number of halogens is 2. The van der Waals surface area contributed by atoms with E-state index in [9.17, 15) is 23.2 Å². The third kappa shape index (κ3) is 4.32. The van der Waals surface area contributed by atoms with Crippen LogP contribution in [0, 0.1) is 6.92 Å². The Morgan fingerprint density at radius 1 is 1.22 bits per heavy atom. The number of esters is 1. The number of anilines is 1. The van der Waals surface area contributed by atoms with Gasteiger partial charge < -0.3 is 19.4 Å². The number of benzene rings is 1. The smallest absolute Gasteiger partial charge is 0.328 e. The average Bonchev–Trinajstić information content (AvgIpc) is 3.63. The number of pyridine rings is 1. The first-order valence-electron chi connectivity index (χ1n) is 13.5. The van der Waals surface area contributed by atoms with Crippen LogP contribution in [0.2, 0.25) is 0 Å². The predicted octanol–water partition coefficient (Wildman–Crippen LogP) is 3.03. The van der Waals surface area contributed by atoms with Crippen LogP contribution in [0.25, 0.3) is 16.7 Å². The fourth-order valence-electron chi connectivity index (χ4n) is 6.58. The van der Waals surface area contributed by atoms with Crippen molar-refractivity contribution in [3.8, 4) is 0 Å². The summed E-state index contributed by atoms with van der Waals surface area (Å²) in [5.41, 5.74) is 3.87. The Balaban J connectivity index is 1.24. The summed E-state index contributed by atoms with van der Waals surface area (Å²) >= 11 is 0. The first kappa shape index (κ1) is 26.9. The number of piperidine rings is 1. The van der Waals surface area contributed by atoms with Gasteiger partial charge in [-0.1, -0.05) is 18.7 Å². The number of nitrogens with zero attached hydrogens (tertiary/aromatic N) is 5. The minimum absolute atomic E-state index is 0.234. The van der Waals surface area contributed by atoms with Crippen LogP contribution in [0.15, 0.2) is 43.2 Å². The van der Waals surface area contributed by atoms with Crippen LogP contribution in [-0.4, -0.2) is 88.0 Å². The SMILES string of the molecule is C=C(c1cnc2[nH]ncc2c1)N1CCC2(CC1)C(=O)N(CC(=O)N1CC(F)(F)C[C@H]1C(=O)OC)c1cccc(C)c12. The lowest BCUT2D eigenvalue weighted by Gasteiger charge is -2.40. The molecule has 0 saturated carbocycles. The molecule has 0 bridgehead atoms. The highest BCUT2D eigenvalue weighted by atomic mass is 19.3. The molecule has 2 aromatic heterocycles. The molecule has 0 aliphatic carbocycles. The molecule has 2 amide bonds. The molecule has 3 aromatic rings. The van der Waals surface area contributed by atoms with Crippen molar-refractivity contribution < 1.29 is 27.9 Å². The van der Waals surface area contributed by atoms with E-state index in [1.54, 1.807) is 18.5 Å². The number of carbonyl (C=O) groups is 3. The molecule has 41 heavy (non-hydrogen) atoms. The Hall–Kier alpha value is -4.35. The van der Waals surface area contributed by atoms with Gasteiger partial charge in [0, 0.05) is 48.0 Å². The number of rotatable bonds is 5. The van der Waals surface area contributed by atoms with Crippen LogP contribution in [-0.2, 0) is 24.5 Å². The van der Waals surface area contributed by atoms with E-state index in [-0.39, 0.29) is 5.91 Å². The topological polar surface area (TPSA) is 112 Å². The number of aromatic nitrogens is 3. The molecule has 1 spiro atoms. The van der Waals surface area contributed by atoms with Gasteiger partial charge in [-0.2, -0.15) is 5.10 Å². The summed E-state index contributed by atoms with van der Waals surface area (Å²) in [6.07, 6.45) is 3.61. The lowest BCUT2D eigenvalue weighted by molar-refractivity contribution is -0.150. The Kier molecular flexibility index (Phi) is 6.31. The molecule has 0 radical (unpaired) electrons. The number of alkyl halides is 2. The summed E-state index contributed by atoms with van der Waals surface area (Å²) in [5, 5.41) is 7.72. The fourth-order valence-corrected chi connectivity index (χ4v) is 6.58. The summed E-state index contributed by atoms with van der Waals surface area (Å²) in [6.45, 7) is 5.99. The molecule has 0 unspecified atom stereocenters. The van der Waals surface area contributed by atoms with Crippen molar-refractivity contribution in [2.24, 2.45) is 0 Å². The zero-order valence-corrected chi connectivity index (χ0v) is 22.8. The number of amides is 2. The molecule has 214 valence electrons. The van der Waals surface area contributed by atoms with Crippen LogP contribution in [0.3, 0.4) is 0 Å². The van der Waals surface area contributed by atoms with Crippen LogP contribution < -0.4 is 4.90 Å². The number of fused-ring (bicyclic) bond motifs is 3. The number of nitrogens with one attached hydrogen (secondary N) is 1. The molecule has 1 aromatic carbocycles. The minimum Gasteiger partial charge on any atom is -0.467 e. The number of aromatic amines is 1. The summed E-state index contributed by atoms with van der Waals surface area (Å²) in [6, 6.07) is 6.11. The largest absolute Gasteiger partial charge is 0.467 e. The molecular weight excluding hydrogens is 534 g/mol. The predicted molar refractivity (Wildman–Crippen MR) is 146 cm³/mol. The first-order chi connectivity index (χ1) is 19.5. The second kappa shape index (κ2) is 9.64. The van der Waals surface area contributed by atoms with E-state index in [2.05, 4.69) is 31.4 Å². The van der Waals surface area contributed by atoms with E-state index < -0.39 is 48.8 Å². The molecule has 3 aliphatic rings. The van der Waals surface area contributed by atoms with E-state index in [1.807, 2.05) is 25.1 Å². The van der Waals surface area contributed by atoms with Gasteiger partial charge in [0.05, 0.1) is 25.3 Å². The van der Waals surface area contributed by atoms with Crippen molar-refractivity contribution in [3.63, 3.8) is 0 Å². The average molecular weight is 565 g/mol. The van der Waals surface area contributed by atoms with Crippen molar-refractivity contribution in [1.29, 1.82) is 0 Å². The number of ether oxygens (including phenoxy) is 1. The van der Waals surface area contributed by atoms with Crippen molar-refractivity contribution in [1.82, 2.24) is 25.0 Å². The summed E-state index contributed by atoms with van der Waals surface area (Å²) < 4.78 is 33.2. The fraction of sp³-hybridized carbons (Fsp3) is 0.414. The number of H-pyrrole nitrogens is 1. The summed E-state index contributed by atoms with van der Waals surface area (Å²) in [7, 11) is 1.10. The van der Waals surface area contributed by atoms with Crippen LogP contribution >= 0.6 is 0 Å². The minimum atomic E-state index is -3.22. The highest BCUT2D eigenvalue weighted by Crippen LogP contribution is 2.50. The second-order valence-electron chi connectivity index (χ2n) is 11.0. The maximum Gasteiger partial charge on any atom is 0.328 e. The summed E-state index contributed by atoms with van der Waals surface area (Å²) in [4.78, 5) is 48.5. The van der Waals surface area contributed by atoms with Crippen molar-refractivity contribution in [3.05, 3.63) is 59.9 Å². The highest BCUT2D eigenvalue weighted by molar-refractivity contribution is 6.11. The number of likely N-dealkylation sites (tertiary alicyclic amines) is 2. The molecule has 3 aliphatic heterocycles. The van der Waals surface area contributed by atoms with E-state index in [0.29, 0.717) is 37.3 Å². The Morgan fingerprint density at radius 2 is 1.98 bits per heavy atom. The van der Waals surface area contributed by atoms with E-state index in [0.717, 1.165) is 39.8 Å². The Morgan fingerprint density at radius 3 is 2.71 bits per heavy atom. The van der Waals surface area contributed by atoms with Crippen molar-refractivity contribution >= 4 is 40.2 Å². The molecular formula is C29H30F2N6O4. The van der Waals surface area contributed by atoms with Crippen LogP contribution in [0.4, 0.5) is 14.5 Å². The number of hydrogen-bond donors (Lipinski definition) is 1. The molecule has 1 atom stereocenters. The van der Waals surface area contributed by atoms with Gasteiger partial charge in [0.15, 0.2) is 5.65 Å². The number of methoxy groups -OCH3 is 1. The number of aryl methyl sites for hydroxylation is 1. The standard InChI is InChI=1S/C29H30F2N6O4/c1-17-5-4-6-21-24(17)28(7-9-35(10-8-28)18(2)19-11-20-14-33-34-25(20)32-13-19)27(40)36(21)15-23(38)37-16-29(30,31)12-22(37)26(39)41-3/h4-6,11,13-14,22H,2,7-10,12,15-16H2,1,3H3,(H,32,33,34)/t22-/m0/s1.